The van der Waals surface area contributed by atoms with Gasteiger partial charge in [-0.2, -0.15) is 0 Å². The van der Waals surface area contributed by atoms with Crippen molar-refractivity contribution in [1.82, 2.24) is 10.2 Å². The summed E-state index contributed by atoms with van der Waals surface area (Å²) in [6.07, 6.45) is 2.43. The molecule has 1 aliphatic heterocycles. The van der Waals surface area contributed by atoms with E-state index in [1.165, 1.54) is 11.6 Å². The molecule has 162 valence electrons. The summed E-state index contributed by atoms with van der Waals surface area (Å²) in [5.41, 5.74) is 3.17. The van der Waals surface area contributed by atoms with Crippen LogP contribution < -0.4 is 10.2 Å². The van der Waals surface area contributed by atoms with Crippen molar-refractivity contribution < 1.29 is 9.18 Å². The summed E-state index contributed by atoms with van der Waals surface area (Å²) in [6.45, 7) is 7.84. The first-order valence-electron chi connectivity index (χ1n) is 11.0. The molecule has 0 bridgehead atoms. The minimum absolute atomic E-state index is 0.0247. The molecule has 1 fully saturated rings. The summed E-state index contributed by atoms with van der Waals surface area (Å²) in [5, 5.41) is 3.10. The largest absolute Gasteiger partial charge is 0.369 e. The molecule has 1 N–H and O–H groups in total. The van der Waals surface area contributed by atoms with Crippen LogP contribution in [0.25, 0.3) is 0 Å². The Labute approximate surface area is 180 Å². The summed E-state index contributed by atoms with van der Waals surface area (Å²) in [5.74, 6) is 0.0545. The summed E-state index contributed by atoms with van der Waals surface area (Å²) in [7, 11) is 2.12. The number of halogens is 1. The van der Waals surface area contributed by atoms with Crippen LogP contribution in [0.4, 0.5) is 10.1 Å². The van der Waals surface area contributed by atoms with Crippen LogP contribution in [-0.4, -0.2) is 44.0 Å². The van der Waals surface area contributed by atoms with Crippen LogP contribution in [0.2, 0.25) is 0 Å². The van der Waals surface area contributed by atoms with Crippen LogP contribution in [0.1, 0.15) is 43.9 Å². The van der Waals surface area contributed by atoms with E-state index in [1.807, 2.05) is 31.2 Å². The fourth-order valence-corrected chi connectivity index (χ4v) is 4.06. The van der Waals surface area contributed by atoms with E-state index >= 15 is 0 Å². The highest BCUT2D eigenvalue weighted by molar-refractivity contribution is 5.77. The minimum Gasteiger partial charge on any atom is -0.369 e. The second-order valence-corrected chi connectivity index (χ2v) is 8.62. The van der Waals surface area contributed by atoms with E-state index in [0.29, 0.717) is 12.3 Å². The summed E-state index contributed by atoms with van der Waals surface area (Å²) >= 11 is 0. The number of likely N-dealkylation sites (N-methyl/N-ethyl adjacent to an activating group) is 1. The Morgan fingerprint density at radius 2 is 1.77 bits per heavy atom. The molecular formula is C25H34FN3O. The zero-order valence-corrected chi connectivity index (χ0v) is 18.4. The van der Waals surface area contributed by atoms with E-state index in [0.717, 1.165) is 50.3 Å². The van der Waals surface area contributed by atoms with Gasteiger partial charge in [-0.1, -0.05) is 37.3 Å². The third-order valence-electron chi connectivity index (χ3n) is 5.98. The highest BCUT2D eigenvalue weighted by Crippen LogP contribution is 2.28. The number of aryl methyl sites for hydroxylation is 1. The number of anilines is 1. The molecule has 2 aromatic carbocycles. The Kier molecular flexibility index (Phi) is 7.86. The molecule has 0 spiro atoms. The number of rotatable bonds is 8. The molecule has 2 aromatic rings. The second kappa shape index (κ2) is 10.6. The van der Waals surface area contributed by atoms with Crippen molar-refractivity contribution in [3.05, 3.63) is 65.5 Å². The zero-order valence-electron chi connectivity index (χ0n) is 18.4. The van der Waals surface area contributed by atoms with Gasteiger partial charge < -0.3 is 15.1 Å². The normalized spacial score (nSPS) is 16.9. The lowest BCUT2D eigenvalue weighted by Gasteiger charge is -2.36. The number of benzene rings is 2. The standard InChI is InChI=1S/C25H34FN3O/c1-19(9-10-21-7-5-4-6-8-21)17-25(30)27-20(2)23-18-22(26)11-12-24(23)29-15-13-28(3)14-16-29/h4-8,11-12,18-20H,9-10,13-17H2,1-3H3,(H,27,30). The highest BCUT2D eigenvalue weighted by Gasteiger charge is 2.21. The number of carbonyl (C=O) groups excluding carboxylic acids is 1. The molecule has 1 heterocycles. The topological polar surface area (TPSA) is 35.6 Å². The smallest absolute Gasteiger partial charge is 0.220 e. The molecule has 30 heavy (non-hydrogen) atoms. The van der Waals surface area contributed by atoms with E-state index in [4.69, 9.17) is 0 Å². The molecule has 2 atom stereocenters. The van der Waals surface area contributed by atoms with Crippen LogP contribution in [0.3, 0.4) is 0 Å². The number of piperazine rings is 1. The van der Waals surface area contributed by atoms with E-state index in [1.54, 1.807) is 6.07 Å². The van der Waals surface area contributed by atoms with Crippen molar-refractivity contribution in [1.29, 1.82) is 0 Å². The van der Waals surface area contributed by atoms with Crippen molar-refractivity contribution in [2.45, 2.75) is 39.2 Å². The van der Waals surface area contributed by atoms with Crippen molar-refractivity contribution in [2.75, 3.05) is 38.1 Å². The SMILES string of the molecule is CC(CCc1ccccc1)CC(=O)NC(C)c1cc(F)ccc1N1CCN(C)CC1. The molecule has 2 unspecified atom stereocenters. The molecule has 0 saturated carbocycles. The number of nitrogens with zero attached hydrogens (tertiary/aromatic N) is 2. The molecule has 0 radical (unpaired) electrons. The second-order valence-electron chi connectivity index (χ2n) is 8.62. The monoisotopic (exact) mass is 411 g/mol. The maximum Gasteiger partial charge on any atom is 0.220 e. The minimum atomic E-state index is -0.264. The maximum absolute atomic E-state index is 14.0. The van der Waals surface area contributed by atoms with Gasteiger partial charge in [-0.25, -0.2) is 4.39 Å². The van der Waals surface area contributed by atoms with Crippen molar-refractivity contribution in [3.8, 4) is 0 Å². The Morgan fingerprint density at radius 3 is 2.47 bits per heavy atom. The molecule has 1 amide bonds. The average Bonchev–Trinajstić information content (AvgIpc) is 2.73. The Bertz CT molecular complexity index is 818. The average molecular weight is 412 g/mol. The van der Waals surface area contributed by atoms with Gasteiger partial charge in [-0.15, -0.1) is 0 Å². The van der Waals surface area contributed by atoms with Gasteiger partial charge in [0.2, 0.25) is 5.91 Å². The van der Waals surface area contributed by atoms with Crippen LogP contribution in [0, 0.1) is 11.7 Å². The maximum atomic E-state index is 14.0. The van der Waals surface area contributed by atoms with Crippen LogP contribution in [-0.2, 0) is 11.2 Å². The number of carbonyl (C=O) groups is 1. The van der Waals surface area contributed by atoms with Gasteiger partial charge in [0.1, 0.15) is 5.82 Å². The first-order chi connectivity index (χ1) is 14.4. The molecule has 0 aliphatic carbocycles. The lowest BCUT2D eigenvalue weighted by atomic mass is 9.97. The Hall–Kier alpha value is -2.40. The first kappa shape index (κ1) is 22.3. The van der Waals surface area contributed by atoms with E-state index in [9.17, 15) is 9.18 Å². The van der Waals surface area contributed by atoms with Crippen LogP contribution >= 0.6 is 0 Å². The van der Waals surface area contributed by atoms with Crippen molar-refractivity contribution in [2.24, 2.45) is 5.92 Å². The van der Waals surface area contributed by atoms with E-state index in [2.05, 4.69) is 41.2 Å². The first-order valence-corrected chi connectivity index (χ1v) is 11.0. The predicted octanol–water partition coefficient (Wildman–Crippen LogP) is 4.41. The van der Waals surface area contributed by atoms with E-state index in [-0.39, 0.29) is 17.8 Å². The lowest BCUT2D eigenvalue weighted by Crippen LogP contribution is -2.45. The third kappa shape index (κ3) is 6.30. The lowest BCUT2D eigenvalue weighted by molar-refractivity contribution is -0.122. The quantitative estimate of drug-likeness (QED) is 0.699. The van der Waals surface area contributed by atoms with Crippen molar-refractivity contribution in [3.63, 3.8) is 0 Å². The van der Waals surface area contributed by atoms with Gasteiger partial charge in [0.25, 0.3) is 0 Å². The van der Waals surface area contributed by atoms with Gasteiger partial charge in [-0.05, 0) is 56.5 Å². The predicted molar refractivity (Wildman–Crippen MR) is 121 cm³/mol. The van der Waals surface area contributed by atoms with Gasteiger partial charge in [0.15, 0.2) is 0 Å². The molecule has 4 nitrogen and oxygen atoms in total. The summed E-state index contributed by atoms with van der Waals surface area (Å²) in [4.78, 5) is 17.2. The van der Waals surface area contributed by atoms with Crippen LogP contribution in [0.5, 0.6) is 0 Å². The number of hydrogen-bond acceptors (Lipinski definition) is 3. The van der Waals surface area contributed by atoms with Crippen molar-refractivity contribution >= 4 is 11.6 Å². The number of amides is 1. The molecule has 0 aromatic heterocycles. The fraction of sp³-hybridized carbons (Fsp3) is 0.480. The van der Waals surface area contributed by atoms with Gasteiger partial charge >= 0.3 is 0 Å². The fourth-order valence-electron chi connectivity index (χ4n) is 4.06. The number of hydrogen-bond donors (Lipinski definition) is 1. The van der Waals surface area contributed by atoms with Gasteiger partial charge in [0.05, 0.1) is 6.04 Å². The van der Waals surface area contributed by atoms with Gasteiger partial charge in [-0.3, -0.25) is 4.79 Å². The molecular weight excluding hydrogens is 377 g/mol. The summed E-state index contributed by atoms with van der Waals surface area (Å²) < 4.78 is 14.0. The van der Waals surface area contributed by atoms with Crippen LogP contribution in [0.15, 0.2) is 48.5 Å². The van der Waals surface area contributed by atoms with Gasteiger partial charge in [0, 0.05) is 43.9 Å². The molecule has 5 heteroatoms. The zero-order chi connectivity index (χ0) is 21.5. The Morgan fingerprint density at radius 1 is 1.07 bits per heavy atom. The Balaban J connectivity index is 1.57. The number of nitrogens with one attached hydrogen (secondary N) is 1. The molecule has 1 aliphatic rings. The highest BCUT2D eigenvalue weighted by atomic mass is 19.1. The molecule has 1 saturated heterocycles. The molecule has 3 rings (SSSR count). The summed E-state index contributed by atoms with van der Waals surface area (Å²) in [6, 6.07) is 15.1. The van der Waals surface area contributed by atoms with E-state index < -0.39 is 0 Å². The third-order valence-corrected chi connectivity index (χ3v) is 5.98.